The van der Waals surface area contributed by atoms with Crippen molar-refractivity contribution < 1.29 is 4.79 Å². The third-order valence-corrected chi connectivity index (χ3v) is 6.64. The number of nitrogens with zero attached hydrogens (tertiary/aromatic N) is 4. The highest BCUT2D eigenvalue weighted by Crippen LogP contribution is 2.29. The minimum atomic E-state index is -0.122. The fourth-order valence-corrected chi connectivity index (χ4v) is 4.47. The Bertz CT molecular complexity index is 1240. The zero-order valence-corrected chi connectivity index (χ0v) is 19.8. The fraction of sp³-hybridized carbons (Fsp3) is 0.280. The second kappa shape index (κ2) is 9.04. The van der Waals surface area contributed by atoms with E-state index in [1.807, 2.05) is 38.1 Å². The molecule has 1 amide bonds. The first-order chi connectivity index (χ1) is 15.3. The summed E-state index contributed by atoms with van der Waals surface area (Å²) in [5.74, 6) is 0.368. The molecule has 0 aliphatic carbocycles. The van der Waals surface area contributed by atoms with Crippen LogP contribution in [-0.2, 0) is 6.54 Å². The van der Waals surface area contributed by atoms with Gasteiger partial charge in [-0.3, -0.25) is 4.79 Å². The second-order valence-corrected chi connectivity index (χ2v) is 9.28. The number of rotatable bonds is 6. The summed E-state index contributed by atoms with van der Waals surface area (Å²) in [5.41, 5.74) is 6.78. The first kappa shape index (κ1) is 21.9. The smallest absolute Gasteiger partial charge is 0.263 e. The van der Waals surface area contributed by atoms with Crippen molar-refractivity contribution in [2.45, 2.75) is 47.1 Å². The van der Waals surface area contributed by atoms with Crippen LogP contribution in [-0.4, -0.2) is 25.9 Å². The van der Waals surface area contributed by atoms with Crippen LogP contribution in [0.4, 0.5) is 0 Å². The van der Waals surface area contributed by atoms with Crippen LogP contribution in [0.25, 0.3) is 16.4 Å². The van der Waals surface area contributed by atoms with Crippen molar-refractivity contribution >= 4 is 17.2 Å². The first-order valence-corrected chi connectivity index (χ1v) is 11.5. The quantitative estimate of drug-likeness (QED) is 0.433. The molecule has 164 valence electrons. The van der Waals surface area contributed by atoms with Crippen molar-refractivity contribution in [3.05, 3.63) is 81.5 Å². The molecule has 2 heterocycles. The Balaban J connectivity index is 1.50. The van der Waals surface area contributed by atoms with Crippen molar-refractivity contribution in [3.8, 4) is 16.4 Å². The molecule has 0 saturated heterocycles. The molecule has 0 aliphatic heterocycles. The molecule has 2 aromatic carbocycles. The van der Waals surface area contributed by atoms with Gasteiger partial charge in [0.05, 0.1) is 17.1 Å². The third kappa shape index (κ3) is 4.48. The van der Waals surface area contributed by atoms with E-state index < -0.39 is 0 Å². The Morgan fingerprint density at radius 2 is 1.72 bits per heavy atom. The SMILES string of the molecule is Cc1ccc(-n2nnc(-c3nc(C)c(C(=O)NCc4ccc(C(C)C)cc4)s3)c2C)cc1. The molecular weight excluding hydrogens is 418 g/mol. The molecule has 0 spiro atoms. The van der Waals surface area contributed by atoms with Gasteiger partial charge >= 0.3 is 0 Å². The zero-order valence-electron chi connectivity index (χ0n) is 19.0. The maximum absolute atomic E-state index is 12.8. The Morgan fingerprint density at radius 3 is 2.38 bits per heavy atom. The molecule has 7 heteroatoms. The van der Waals surface area contributed by atoms with Gasteiger partial charge in [-0.25, -0.2) is 9.67 Å². The van der Waals surface area contributed by atoms with Crippen LogP contribution in [0.15, 0.2) is 48.5 Å². The number of carbonyl (C=O) groups is 1. The van der Waals surface area contributed by atoms with Gasteiger partial charge in [-0.05, 0) is 49.9 Å². The largest absolute Gasteiger partial charge is 0.347 e. The van der Waals surface area contributed by atoms with Crippen molar-refractivity contribution in [2.24, 2.45) is 0 Å². The van der Waals surface area contributed by atoms with Crippen molar-refractivity contribution in [1.82, 2.24) is 25.3 Å². The number of thiazole rings is 1. The molecule has 0 bridgehead atoms. The predicted molar refractivity (Wildman–Crippen MR) is 128 cm³/mol. The van der Waals surface area contributed by atoms with E-state index in [-0.39, 0.29) is 5.91 Å². The third-order valence-electron chi connectivity index (χ3n) is 5.48. The van der Waals surface area contributed by atoms with Gasteiger partial charge in [0.2, 0.25) is 0 Å². The predicted octanol–water partition coefficient (Wildman–Crippen LogP) is 5.37. The molecule has 0 atom stereocenters. The van der Waals surface area contributed by atoms with Crippen LogP contribution in [0.5, 0.6) is 0 Å². The fourth-order valence-electron chi connectivity index (χ4n) is 3.45. The minimum absolute atomic E-state index is 0.122. The maximum atomic E-state index is 12.8. The summed E-state index contributed by atoms with van der Waals surface area (Å²) in [6.45, 7) is 10.7. The molecule has 32 heavy (non-hydrogen) atoms. The van der Waals surface area contributed by atoms with Gasteiger partial charge in [0.15, 0.2) is 0 Å². The number of nitrogens with one attached hydrogen (secondary N) is 1. The number of hydrogen-bond donors (Lipinski definition) is 1. The Morgan fingerprint density at radius 1 is 1.03 bits per heavy atom. The van der Waals surface area contributed by atoms with Crippen LogP contribution in [0.1, 0.15) is 57.5 Å². The molecule has 0 saturated carbocycles. The summed E-state index contributed by atoms with van der Waals surface area (Å²) in [6, 6.07) is 16.5. The van der Waals surface area contributed by atoms with Crippen molar-refractivity contribution in [3.63, 3.8) is 0 Å². The Hall–Kier alpha value is -3.32. The van der Waals surface area contributed by atoms with Crippen LogP contribution < -0.4 is 5.32 Å². The molecule has 4 rings (SSSR count). The molecule has 0 radical (unpaired) electrons. The number of amides is 1. The average molecular weight is 446 g/mol. The summed E-state index contributed by atoms with van der Waals surface area (Å²) < 4.78 is 1.80. The van der Waals surface area contributed by atoms with Crippen LogP contribution in [0.2, 0.25) is 0 Å². The maximum Gasteiger partial charge on any atom is 0.263 e. The lowest BCUT2D eigenvalue weighted by atomic mass is 10.0. The number of hydrogen-bond acceptors (Lipinski definition) is 5. The number of aromatic nitrogens is 4. The standard InChI is InChI=1S/C25H27N5OS/c1-15(2)20-10-8-19(9-11-20)14-26-24(31)23-17(4)27-25(32-23)22-18(5)30(29-28-22)21-12-6-16(3)7-13-21/h6-13,15H,14H2,1-5H3,(H,26,31). The summed E-state index contributed by atoms with van der Waals surface area (Å²) in [4.78, 5) is 18.0. The van der Waals surface area contributed by atoms with Gasteiger partial charge in [-0.2, -0.15) is 0 Å². The molecule has 0 fully saturated rings. The van der Waals surface area contributed by atoms with E-state index in [9.17, 15) is 4.79 Å². The lowest BCUT2D eigenvalue weighted by Gasteiger charge is -2.08. The van der Waals surface area contributed by atoms with E-state index in [2.05, 4.69) is 65.6 Å². The van der Waals surface area contributed by atoms with E-state index >= 15 is 0 Å². The van der Waals surface area contributed by atoms with E-state index in [0.29, 0.717) is 33.7 Å². The van der Waals surface area contributed by atoms with E-state index in [1.165, 1.54) is 22.5 Å². The molecule has 4 aromatic rings. The summed E-state index contributed by atoms with van der Waals surface area (Å²) in [5, 5.41) is 12.4. The molecule has 6 nitrogen and oxygen atoms in total. The zero-order chi connectivity index (χ0) is 22.8. The average Bonchev–Trinajstić information content (AvgIpc) is 3.35. The number of carbonyl (C=O) groups excluding carboxylic acids is 1. The van der Waals surface area contributed by atoms with Crippen molar-refractivity contribution in [2.75, 3.05) is 0 Å². The number of benzene rings is 2. The molecule has 0 unspecified atom stereocenters. The highest BCUT2D eigenvalue weighted by Gasteiger charge is 2.20. The lowest BCUT2D eigenvalue weighted by Crippen LogP contribution is -2.22. The van der Waals surface area contributed by atoms with Gasteiger partial charge in [0, 0.05) is 6.54 Å². The van der Waals surface area contributed by atoms with E-state index in [1.54, 1.807) is 4.68 Å². The molecular formula is C25H27N5OS. The monoisotopic (exact) mass is 445 g/mol. The van der Waals surface area contributed by atoms with Crippen LogP contribution in [0, 0.1) is 20.8 Å². The Labute approximate surface area is 192 Å². The van der Waals surface area contributed by atoms with Gasteiger partial charge in [-0.15, -0.1) is 16.4 Å². The molecule has 0 aliphatic rings. The lowest BCUT2D eigenvalue weighted by molar-refractivity contribution is 0.0954. The van der Waals surface area contributed by atoms with Gasteiger partial charge in [0.25, 0.3) is 5.91 Å². The first-order valence-electron chi connectivity index (χ1n) is 10.7. The van der Waals surface area contributed by atoms with Crippen LogP contribution >= 0.6 is 11.3 Å². The topological polar surface area (TPSA) is 72.7 Å². The molecule has 2 aromatic heterocycles. The van der Waals surface area contributed by atoms with Gasteiger partial charge < -0.3 is 5.32 Å². The highest BCUT2D eigenvalue weighted by atomic mass is 32.1. The summed E-state index contributed by atoms with van der Waals surface area (Å²) in [7, 11) is 0. The summed E-state index contributed by atoms with van der Waals surface area (Å²) in [6.07, 6.45) is 0. The normalized spacial score (nSPS) is 11.2. The minimum Gasteiger partial charge on any atom is -0.347 e. The second-order valence-electron chi connectivity index (χ2n) is 8.28. The summed E-state index contributed by atoms with van der Waals surface area (Å²) >= 11 is 1.35. The van der Waals surface area contributed by atoms with Crippen molar-refractivity contribution in [1.29, 1.82) is 0 Å². The highest BCUT2D eigenvalue weighted by molar-refractivity contribution is 7.17. The van der Waals surface area contributed by atoms with Gasteiger partial charge in [0.1, 0.15) is 15.6 Å². The van der Waals surface area contributed by atoms with Gasteiger partial charge in [-0.1, -0.05) is 61.0 Å². The number of aryl methyl sites for hydroxylation is 2. The van der Waals surface area contributed by atoms with E-state index in [4.69, 9.17) is 0 Å². The molecule has 1 N–H and O–H groups in total. The Kier molecular flexibility index (Phi) is 6.19. The van der Waals surface area contributed by atoms with E-state index in [0.717, 1.165) is 16.9 Å². The van der Waals surface area contributed by atoms with Crippen LogP contribution in [0.3, 0.4) is 0 Å².